The van der Waals surface area contributed by atoms with E-state index in [0.717, 1.165) is 12.1 Å². The van der Waals surface area contributed by atoms with Gasteiger partial charge < -0.3 is 0 Å². The molecule has 0 spiro atoms. The lowest BCUT2D eigenvalue weighted by Crippen LogP contribution is -1.99. The number of benzene rings is 1. The van der Waals surface area contributed by atoms with Crippen LogP contribution in [0.3, 0.4) is 0 Å². The molecule has 0 N–H and O–H groups in total. The van der Waals surface area contributed by atoms with Gasteiger partial charge in [-0.3, -0.25) is 4.99 Å². The first-order valence-electron chi connectivity index (χ1n) is 4.99. The minimum Gasteiger partial charge on any atom is -0.288 e. The summed E-state index contributed by atoms with van der Waals surface area (Å²) >= 11 is 0. The van der Waals surface area contributed by atoms with Crippen LogP contribution in [0.2, 0.25) is 0 Å². The molecule has 0 radical (unpaired) electrons. The summed E-state index contributed by atoms with van der Waals surface area (Å²) in [4.78, 5) is 4.29. The molecule has 0 saturated heterocycles. The number of nitrogens with zero attached hydrogens (tertiary/aromatic N) is 1. The van der Waals surface area contributed by atoms with E-state index in [4.69, 9.17) is 0 Å². The van der Waals surface area contributed by atoms with E-state index in [0.29, 0.717) is 0 Å². The van der Waals surface area contributed by atoms with Gasteiger partial charge in [0, 0.05) is 12.6 Å². The second kappa shape index (κ2) is 5.38. The van der Waals surface area contributed by atoms with Gasteiger partial charge in [-0.2, -0.15) is 0 Å². The van der Waals surface area contributed by atoms with E-state index in [1.54, 1.807) is 0 Å². The average Bonchev–Trinajstić information content (AvgIpc) is 2.21. The molecular weight excluding hydrogens is 170 g/mol. The van der Waals surface area contributed by atoms with E-state index in [9.17, 15) is 0 Å². The van der Waals surface area contributed by atoms with Gasteiger partial charge in [0.15, 0.2) is 0 Å². The highest BCUT2D eigenvalue weighted by molar-refractivity contribution is 6.09. The molecule has 0 atom stereocenters. The maximum absolute atomic E-state index is 4.29. The molecule has 14 heavy (non-hydrogen) atoms. The predicted octanol–water partition coefficient (Wildman–Crippen LogP) is 3.38. The third kappa shape index (κ3) is 2.56. The molecular formula is C13H17N. The Labute approximate surface area is 86.2 Å². The lowest BCUT2D eigenvalue weighted by atomic mass is 10.0. The van der Waals surface area contributed by atoms with Gasteiger partial charge in [0.2, 0.25) is 0 Å². The van der Waals surface area contributed by atoms with Crippen LogP contribution in [0, 0.1) is 6.92 Å². The van der Waals surface area contributed by atoms with Crippen LogP contribution in [0.5, 0.6) is 0 Å². The number of aryl methyl sites for hydroxylation is 1. The van der Waals surface area contributed by atoms with Crippen LogP contribution in [-0.4, -0.2) is 12.8 Å². The first kappa shape index (κ1) is 10.7. The lowest BCUT2D eigenvalue weighted by molar-refractivity contribution is 1.22. The van der Waals surface area contributed by atoms with Crippen LogP contribution in [-0.2, 0) is 0 Å². The smallest absolute Gasteiger partial charge is 0.0642 e. The van der Waals surface area contributed by atoms with Gasteiger partial charge in [0.25, 0.3) is 0 Å². The quantitative estimate of drug-likeness (QED) is 0.643. The maximum Gasteiger partial charge on any atom is 0.0642 e. The minimum absolute atomic E-state index is 1.05. The first-order chi connectivity index (χ1) is 6.79. The highest BCUT2D eigenvalue weighted by Gasteiger charge is 2.00. The van der Waals surface area contributed by atoms with Crippen LogP contribution in [0.4, 0.5) is 0 Å². The van der Waals surface area contributed by atoms with Crippen LogP contribution < -0.4 is 0 Å². The number of allylic oxidation sites excluding steroid dienone is 2. The van der Waals surface area contributed by atoms with Gasteiger partial charge in [0.1, 0.15) is 0 Å². The third-order valence-electron chi connectivity index (χ3n) is 2.17. The van der Waals surface area contributed by atoms with Crippen molar-refractivity contribution in [3.8, 4) is 0 Å². The van der Waals surface area contributed by atoms with Crippen molar-refractivity contribution in [2.45, 2.75) is 20.3 Å². The molecule has 0 unspecified atom stereocenters. The zero-order chi connectivity index (χ0) is 10.4. The van der Waals surface area contributed by atoms with Gasteiger partial charge in [-0.1, -0.05) is 37.3 Å². The first-order valence-corrected chi connectivity index (χ1v) is 4.99. The second-order valence-corrected chi connectivity index (χ2v) is 3.23. The van der Waals surface area contributed by atoms with Gasteiger partial charge in [-0.05, 0) is 25.0 Å². The molecule has 0 aliphatic heterocycles. The number of hydrogen-bond donors (Lipinski definition) is 0. The number of rotatable bonds is 3. The summed E-state index contributed by atoms with van der Waals surface area (Å²) < 4.78 is 0. The van der Waals surface area contributed by atoms with E-state index in [2.05, 4.69) is 49.2 Å². The fourth-order valence-corrected chi connectivity index (χ4v) is 1.37. The molecule has 1 nitrogen and oxygen atoms in total. The molecule has 0 aromatic heterocycles. The largest absolute Gasteiger partial charge is 0.288 e. The Morgan fingerprint density at radius 3 is 2.64 bits per heavy atom. The highest BCUT2D eigenvalue weighted by atomic mass is 14.7. The van der Waals surface area contributed by atoms with Gasteiger partial charge in [-0.15, -0.1) is 0 Å². The monoisotopic (exact) mass is 187 g/mol. The molecule has 0 saturated carbocycles. The normalized spacial score (nSPS) is 12.4. The summed E-state index contributed by atoms with van der Waals surface area (Å²) in [5.74, 6) is 0. The summed E-state index contributed by atoms with van der Waals surface area (Å²) in [5, 5.41) is 0. The van der Waals surface area contributed by atoms with Gasteiger partial charge in [-0.25, -0.2) is 0 Å². The molecule has 0 aliphatic carbocycles. The van der Waals surface area contributed by atoms with Gasteiger partial charge in [0.05, 0.1) is 5.71 Å². The topological polar surface area (TPSA) is 12.4 Å². The molecule has 0 amide bonds. The summed E-state index contributed by atoms with van der Waals surface area (Å²) in [6.07, 6.45) is 5.27. The van der Waals surface area contributed by atoms with Crippen LogP contribution in [0.1, 0.15) is 24.5 Å². The molecule has 0 heterocycles. The molecule has 0 fully saturated rings. The Balaban J connectivity index is 3.02. The zero-order valence-electron chi connectivity index (χ0n) is 9.12. The van der Waals surface area contributed by atoms with Crippen molar-refractivity contribution in [1.82, 2.24) is 0 Å². The summed E-state index contributed by atoms with van der Waals surface area (Å²) in [6, 6.07) is 8.32. The minimum atomic E-state index is 1.05. The van der Waals surface area contributed by atoms with Crippen LogP contribution in [0.25, 0.3) is 0 Å². The fraction of sp³-hybridized carbons (Fsp3) is 0.308. The standard InChI is InChI=1S/C13H17N/c1-4-5-10-13(14-3)12-9-7-6-8-11(12)2/h5-10H,4H2,1-3H3/b10-5-,14-13?. The maximum atomic E-state index is 4.29. The number of aliphatic imine (C=N–C) groups is 1. The molecule has 0 bridgehead atoms. The van der Waals surface area contributed by atoms with E-state index in [1.807, 2.05) is 13.1 Å². The molecule has 1 rings (SSSR count). The van der Waals surface area contributed by atoms with Crippen molar-refractivity contribution >= 4 is 5.71 Å². The second-order valence-electron chi connectivity index (χ2n) is 3.23. The molecule has 1 aromatic rings. The Hall–Kier alpha value is -1.37. The Kier molecular flexibility index (Phi) is 4.11. The highest BCUT2D eigenvalue weighted by Crippen LogP contribution is 2.09. The van der Waals surface area contributed by atoms with Crippen molar-refractivity contribution in [2.75, 3.05) is 7.05 Å². The molecule has 1 aromatic carbocycles. The van der Waals surface area contributed by atoms with Gasteiger partial charge >= 0.3 is 0 Å². The van der Waals surface area contributed by atoms with E-state index >= 15 is 0 Å². The zero-order valence-corrected chi connectivity index (χ0v) is 9.12. The van der Waals surface area contributed by atoms with Crippen LogP contribution >= 0.6 is 0 Å². The summed E-state index contributed by atoms with van der Waals surface area (Å²) in [6.45, 7) is 4.24. The van der Waals surface area contributed by atoms with Crippen molar-refractivity contribution in [2.24, 2.45) is 4.99 Å². The number of hydrogen-bond acceptors (Lipinski definition) is 1. The molecule has 74 valence electrons. The van der Waals surface area contributed by atoms with Crippen molar-refractivity contribution in [1.29, 1.82) is 0 Å². The third-order valence-corrected chi connectivity index (χ3v) is 2.17. The van der Waals surface area contributed by atoms with E-state index < -0.39 is 0 Å². The fourth-order valence-electron chi connectivity index (χ4n) is 1.37. The van der Waals surface area contributed by atoms with E-state index in [-0.39, 0.29) is 0 Å². The summed E-state index contributed by atoms with van der Waals surface area (Å²) in [7, 11) is 1.84. The van der Waals surface area contributed by atoms with E-state index in [1.165, 1.54) is 11.1 Å². The average molecular weight is 187 g/mol. The Morgan fingerprint density at radius 1 is 1.36 bits per heavy atom. The van der Waals surface area contributed by atoms with Crippen molar-refractivity contribution < 1.29 is 0 Å². The SMILES string of the molecule is CC/C=C\C(=NC)c1ccccc1C. The molecule has 1 heteroatoms. The Morgan fingerprint density at radius 2 is 2.07 bits per heavy atom. The Bertz CT molecular complexity index is 348. The lowest BCUT2D eigenvalue weighted by Gasteiger charge is -2.04. The molecule has 0 aliphatic rings. The van der Waals surface area contributed by atoms with Crippen molar-refractivity contribution in [3.05, 3.63) is 47.5 Å². The summed E-state index contributed by atoms with van der Waals surface area (Å²) in [5.41, 5.74) is 3.55. The predicted molar refractivity (Wildman–Crippen MR) is 63.1 cm³/mol. The van der Waals surface area contributed by atoms with Crippen LogP contribution in [0.15, 0.2) is 41.4 Å². The van der Waals surface area contributed by atoms with Crippen molar-refractivity contribution in [3.63, 3.8) is 0 Å².